The zero-order valence-electron chi connectivity index (χ0n) is 11.0. The smallest absolute Gasteiger partial charge is 0.239 e. The highest BCUT2D eigenvalue weighted by Crippen LogP contribution is 2.26. The second-order valence-electron chi connectivity index (χ2n) is 4.54. The van der Waals surface area contributed by atoms with Crippen molar-refractivity contribution in [3.05, 3.63) is 12.1 Å². The van der Waals surface area contributed by atoms with E-state index in [0.29, 0.717) is 30.3 Å². The Morgan fingerprint density at radius 1 is 1.44 bits per heavy atom. The molecular formula is C13H21N3O2. The van der Waals surface area contributed by atoms with Gasteiger partial charge in [0, 0.05) is 13.2 Å². The first-order valence-electron chi connectivity index (χ1n) is 6.41. The molecule has 1 aliphatic carbocycles. The Morgan fingerprint density at radius 3 is 2.94 bits per heavy atom. The summed E-state index contributed by atoms with van der Waals surface area (Å²) in [5.41, 5.74) is 6.36. The summed E-state index contributed by atoms with van der Waals surface area (Å²) in [6.45, 7) is 2.48. The predicted octanol–water partition coefficient (Wildman–Crippen LogP) is 2.04. The molecule has 0 bridgehead atoms. The fraction of sp³-hybridized carbons (Fsp3) is 0.615. The number of pyridine rings is 1. The van der Waals surface area contributed by atoms with Crippen LogP contribution in [0.25, 0.3) is 0 Å². The van der Waals surface area contributed by atoms with E-state index in [4.69, 9.17) is 15.2 Å². The van der Waals surface area contributed by atoms with Crippen LogP contribution in [0, 0.1) is 0 Å². The molecule has 5 heteroatoms. The minimum absolute atomic E-state index is 0.364. The normalized spacial score (nSPS) is 23.0. The van der Waals surface area contributed by atoms with Crippen LogP contribution in [0.4, 0.5) is 11.5 Å². The molecule has 0 aliphatic heterocycles. The van der Waals surface area contributed by atoms with Crippen molar-refractivity contribution in [3.8, 4) is 5.88 Å². The lowest BCUT2D eigenvalue weighted by molar-refractivity contribution is 0.108. The van der Waals surface area contributed by atoms with Crippen LogP contribution in [0.2, 0.25) is 0 Å². The van der Waals surface area contributed by atoms with Crippen molar-refractivity contribution >= 4 is 11.5 Å². The van der Waals surface area contributed by atoms with Crippen LogP contribution in [-0.4, -0.2) is 30.8 Å². The number of hydrogen-bond acceptors (Lipinski definition) is 5. The van der Waals surface area contributed by atoms with Crippen molar-refractivity contribution in [2.45, 2.75) is 38.3 Å². The molecule has 2 rings (SSSR count). The molecule has 1 aliphatic rings. The summed E-state index contributed by atoms with van der Waals surface area (Å²) in [5, 5.41) is 3.40. The Hall–Kier alpha value is -1.49. The molecule has 1 saturated carbocycles. The van der Waals surface area contributed by atoms with E-state index in [1.165, 1.54) is 0 Å². The molecule has 100 valence electrons. The zero-order valence-corrected chi connectivity index (χ0v) is 11.0. The maximum atomic E-state index is 5.79. The SMILES string of the molecule is CCOc1nc(NC2CCC(OC)C2)ccc1N. The third-order valence-corrected chi connectivity index (χ3v) is 3.24. The Kier molecular flexibility index (Phi) is 4.25. The van der Waals surface area contributed by atoms with Gasteiger partial charge in [0.15, 0.2) is 0 Å². The number of nitrogens with two attached hydrogens (primary N) is 1. The van der Waals surface area contributed by atoms with E-state index in [1.807, 2.05) is 19.1 Å². The average molecular weight is 251 g/mol. The predicted molar refractivity (Wildman–Crippen MR) is 71.9 cm³/mol. The van der Waals surface area contributed by atoms with E-state index in [9.17, 15) is 0 Å². The van der Waals surface area contributed by atoms with Gasteiger partial charge in [0.2, 0.25) is 5.88 Å². The molecule has 1 aromatic heterocycles. The first kappa shape index (κ1) is 13.0. The Labute approximate surface area is 108 Å². The topological polar surface area (TPSA) is 69.4 Å². The number of nitrogens with zero attached hydrogens (tertiary/aromatic N) is 1. The Bertz CT molecular complexity index is 398. The number of methoxy groups -OCH3 is 1. The molecule has 2 unspecified atom stereocenters. The van der Waals surface area contributed by atoms with Crippen molar-refractivity contribution in [1.82, 2.24) is 4.98 Å². The van der Waals surface area contributed by atoms with Gasteiger partial charge in [0.1, 0.15) is 5.82 Å². The molecule has 1 heterocycles. The fourth-order valence-corrected chi connectivity index (χ4v) is 2.28. The van der Waals surface area contributed by atoms with Crippen molar-refractivity contribution in [3.63, 3.8) is 0 Å². The van der Waals surface area contributed by atoms with Crippen molar-refractivity contribution in [1.29, 1.82) is 0 Å². The van der Waals surface area contributed by atoms with Crippen molar-refractivity contribution in [2.24, 2.45) is 0 Å². The van der Waals surface area contributed by atoms with E-state index >= 15 is 0 Å². The first-order chi connectivity index (χ1) is 8.72. The van der Waals surface area contributed by atoms with Gasteiger partial charge >= 0.3 is 0 Å². The largest absolute Gasteiger partial charge is 0.476 e. The van der Waals surface area contributed by atoms with Gasteiger partial charge in [0.25, 0.3) is 0 Å². The maximum absolute atomic E-state index is 5.79. The summed E-state index contributed by atoms with van der Waals surface area (Å²) < 4.78 is 10.7. The Morgan fingerprint density at radius 2 is 2.28 bits per heavy atom. The number of anilines is 2. The minimum atomic E-state index is 0.364. The number of aromatic nitrogens is 1. The second-order valence-corrected chi connectivity index (χ2v) is 4.54. The fourth-order valence-electron chi connectivity index (χ4n) is 2.28. The van der Waals surface area contributed by atoms with Crippen LogP contribution in [-0.2, 0) is 4.74 Å². The van der Waals surface area contributed by atoms with Gasteiger partial charge in [-0.2, -0.15) is 4.98 Å². The number of nitrogen functional groups attached to an aromatic ring is 1. The van der Waals surface area contributed by atoms with Crippen LogP contribution >= 0.6 is 0 Å². The van der Waals surface area contributed by atoms with Gasteiger partial charge in [-0.15, -0.1) is 0 Å². The third-order valence-electron chi connectivity index (χ3n) is 3.24. The van der Waals surface area contributed by atoms with Crippen LogP contribution in [0.3, 0.4) is 0 Å². The van der Waals surface area contributed by atoms with Gasteiger partial charge in [-0.25, -0.2) is 0 Å². The molecule has 5 nitrogen and oxygen atoms in total. The van der Waals surface area contributed by atoms with E-state index in [1.54, 1.807) is 7.11 Å². The third kappa shape index (κ3) is 3.04. The monoisotopic (exact) mass is 251 g/mol. The highest BCUT2D eigenvalue weighted by atomic mass is 16.5. The summed E-state index contributed by atoms with van der Waals surface area (Å²) in [6.07, 6.45) is 3.59. The molecule has 0 aromatic carbocycles. The van der Waals surface area contributed by atoms with Crippen LogP contribution in [0.1, 0.15) is 26.2 Å². The molecule has 1 aromatic rings. The molecule has 0 saturated heterocycles. The quantitative estimate of drug-likeness (QED) is 0.838. The summed E-state index contributed by atoms with van der Waals surface area (Å²) in [4.78, 5) is 4.38. The molecule has 0 spiro atoms. The van der Waals surface area contributed by atoms with Gasteiger partial charge in [-0.3, -0.25) is 0 Å². The van der Waals surface area contributed by atoms with E-state index < -0.39 is 0 Å². The standard InChI is InChI=1S/C13H21N3O2/c1-3-18-13-11(14)6-7-12(16-13)15-9-4-5-10(8-9)17-2/h6-7,9-10H,3-5,8,14H2,1-2H3,(H,15,16). The second kappa shape index (κ2) is 5.91. The van der Waals surface area contributed by atoms with E-state index in [0.717, 1.165) is 25.1 Å². The molecule has 0 radical (unpaired) electrons. The summed E-state index contributed by atoms with van der Waals surface area (Å²) in [5.74, 6) is 1.32. The lowest BCUT2D eigenvalue weighted by Gasteiger charge is -2.15. The van der Waals surface area contributed by atoms with Crippen molar-refractivity contribution in [2.75, 3.05) is 24.8 Å². The highest BCUT2D eigenvalue weighted by Gasteiger charge is 2.24. The molecule has 18 heavy (non-hydrogen) atoms. The lowest BCUT2D eigenvalue weighted by Crippen LogP contribution is -2.18. The lowest BCUT2D eigenvalue weighted by atomic mass is 10.2. The van der Waals surface area contributed by atoms with Gasteiger partial charge in [-0.05, 0) is 38.3 Å². The highest BCUT2D eigenvalue weighted by molar-refractivity contribution is 5.53. The van der Waals surface area contributed by atoms with Crippen LogP contribution in [0.15, 0.2) is 12.1 Å². The molecular weight excluding hydrogens is 230 g/mol. The zero-order chi connectivity index (χ0) is 13.0. The molecule has 0 amide bonds. The Balaban J connectivity index is 1.99. The average Bonchev–Trinajstić information content (AvgIpc) is 2.81. The molecule has 2 atom stereocenters. The number of hydrogen-bond donors (Lipinski definition) is 2. The number of rotatable bonds is 5. The van der Waals surface area contributed by atoms with Crippen molar-refractivity contribution < 1.29 is 9.47 Å². The maximum Gasteiger partial charge on any atom is 0.239 e. The number of nitrogens with one attached hydrogen (secondary N) is 1. The van der Waals surface area contributed by atoms with Crippen LogP contribution in [0.5, 0.6) is 5.88 Å². The van der Waals surface area contributed by atoms with Crippen LogP contribution < -0.4 is 15.8 Å². The van der Waals surface area contributed by atoms with Gasteiger partial charge in [-0.1, -0.05) is 0 Å². The molecule has 1 fully saturated rings. The summed E-state index contributed by atoms with van der Waals surface area (Å²) in [7, 11) is 1.77. The molecule has 3 N–H and O–H groups in total. The van der Waals surface area contributed by atoms with E-state index in [2.05, 4.69) is 10.3 Å². The first-order valence-corrected chi connectivity index (χ1v) is 6.41. The minimum Gasteiger partial charge on any atom is -0.476 e. The van der Waals surface area contributed by atoms with Gasteiger partial charge in [0.05, 0.1) is 18.4 Å². The van der Waals surface area contributed by atoms with Gasteiger partial charge < -0.3 is 20.5 Å². The summed E-state index contributed by atoms with van der Waals surface area (Å²) >= 11 is 0. The van der Waals surface area contributed by atoms with E-state index in [-0.39, 0.29) is 0 Å². The number of ether oxygens (including phenoxy) is 2. The summed E-state index contributed by atoms with van der Waals surface area (Å²) in [6, 6.07) is 4.13.